The fraction of sp³-hybridized carbons (Fsp3) is 0.143. The number of rotatable bonds is 2. The van der Waals surface area contributed by atoms with Crippen LogP contribution in [0.4, 0.5) is 5.69 Å². The number of pyridine rings is 1. The summed E-state index contributed by atoms with van der Waals surface area (Å²) in [7, 11) is 0. The number of aryl methyl sites for hydroxylation is 2. The number of hydrogen-bond acceptors (Lipinski definition) is 2. The number of nitrogens with one attached hydrogen (secondary N) is 1. The maximum atomic E-state index is 12.1. The van der Waals surface area contributed by atoms with Gasteiger partial charge in [0, 0.05) is 22.1 Å². The van der Waals surface area contributed by atoms with Crippen molar-refractivity contribution in [1.82, 2.24) is 4.98 Å². The Hall–Kier alpha value is -1.39. The van der Waals surface area contributed by atoms with Crippen LogP contribution in [0, 0.1) is 13.8 Å². The van der Waals surface area contributed by atoms with Crippen molar-refractivity contribution < 1.29 is 4.79 Å². The molecule has 1 aromatic heterocycles. The molecule has 2 aromatic rings. The smallest absolute Gasteiger partial charge is 0.258 e. The van der Waals surface area contributed by atoms with Crippen LogP contribution in [0.1, 0.15) is 21.6 Å². The van der Waals surface area contributed by atoms with Crippen molar-refractivity contribution in [3.63, 3.8) is 0 Å². The van der Waals surface area contributed by atoms with E-state index >= 15 is 0 Å². The van der Waals surface area contributed by atoms with E-state index in [0.717, 1.165) is 15.7 Å². The molecule has 1 N–H and O–H groups in total. The number of benzene rings is 1. The monoisotopic (exact) mass is 338 g/mol. The first-order chi connectivity index (χ1) is 8.95. The number of halogens is 2. The molecule has 19 heavy (non-hydrogen) atoms. The molecule has 0 fully saturated rings. The summed E-state index contributed by atoms with van der Waals surface area (Å²) in [6.07, 6.45) is 1.48. The van der Waals surface area contributed by atoms with Crippen molar-refractivity contribution in [3.05, 3.63) is 56.8 Å². The van der Waals surface area contributed by atoms with Crippen molar-refractivity contribution >= 4 is 39.1 Å². The van der Waals surface area contributed by atoms with Crippen LogP contribution in [0.5, 0.6) is 0 Å². The van der Waals surface area contributed by atoms with E-state index in [0.29, 0.717) is 16.3 Å². The van der Waals surface area contributed by atoms with E-state index in [4.69, 9.17) is 11.6 Å². The van der Waals surface area contributed by atoms with E-state index in [1.165, 1.54) is 6.20 Å². The Balaban J connectivity index is 2.25. The molecule has 0 unspecified atom stereocenters. The maximum Gasteiger partial charge on any atom is 0.258 e. The summed E-state index contributed by atoms with van der Waals surface area (Å²) in [5.74, 6) is -0.269. The molecule has 0 aliphatic carbocycles. The molecule has 5 heteroatoms. The molecular formula is C14H12BrClN2O. The summed E-state index contributed by atoms with van der Waals surface area (Å²) in [4.78, 5) is 16.2. The van der Waals surface area contributed by atoms with E-state index in [-0.39, 0.29) is 5.91 Å². The van der Waals surface area contributed by atoms with Gasteiger partial charge in [-0.05, 0) is 43.7 Å². The van der Waals surface area contributed by atoms with Gasteiger partial charge in [-0.1, -0.05) is 27.5 Å². The highest BCUT2D eigenvalue weighted by atomic mass is 79.9. The third-order valence-electron chi connectivity index (χ3n) is 2.53. The number of nitrogens with zero attached hydrogens (tertiary/aromatic N) is 1. The Bertz CT molecular complexity index is 623. The molecule has 0 radical (unpaired) electrons. The third-order valence-corrected chi connectivity index (χ3v) is 3.31. The molecule has 0 atom stereocenters. The van der Waals surface area contributed by atoms with Crippen LogP contribution >= 0.6 is 27.5 Å². The lowest BCUT2D eigenvalue weighted by atomic mass is 10.2. The third kappa shape index (κ3) is 3.55. The summed E-state index contributed by atoms with van der Waals surface area (Å²) in [5.41, 5.74) is 2.91. The molecule has 0 aliphatic heterocycles. The molecule has 98 valence electrons. The molecule has 0 spiro atoms. The van der Waals surface area contributed by atoms with Crippen molar-refractivity contribution in [3.8, 4) is 0 Å². The van der Waals surface area contributed by atoms with Crippen LogP contribution in [0.25, 0.3) is 0 Å². The van der Waals surface area contributed by atoms with Gasteiger partial charge in [-0.15, -0.1) is 0 Å². The highest BCUT2D eigenvalue weighted by Crippen LogP contribution is 2.21. The van der Waals surface area contributed by atoms with Crippen LogP contribution in [0.2, 0.25) is 5.02 Å². The minimum absolute atomic E-state index is 0.269. The average Bonchev–Trinajstić information content (AvgIpc) is 2.26. The number of aromatic nitrogens is 1. The minimum Gasteiger partial charge on any atom is -0.322 e. The van der Waals surface area contributed by atoms with Gasteiger partial charge in [-0.3, -0.25) is 9.78 Å². The van der Waals surface area contributed by atoms with Gasteiger partial charge in [-0.2, -0.15) is 0 Å². The average molecular weight is 340 g/mol. The van der Waals surface area contributed by atoms with E-state index in [1.54, 1.807) is 6.07 Å². The molecule has 0 bridgehead atoms. The quantitative estimate of drug-likeness (QED) is 0.883. The maximum absolute atomic E-state index is 12.1. The number of hydrogen-bond donors (Lipinski definition) is 1. The highest BCUT2D eigenvalue weighted by Gasteiger charge is 2.11. The summed E-state index contributed by atoms with van der Waals surface area (Å²) < 4.78 is 0.913. The van der Waals surface area contributed by atoms with E-state index < -0.39 is 0 Å². The van der Waals surface area contributed by atoms with Gasteiger partial charge in [-0.25, -0.2) is 0 Å². The van der Waals surface area contributed by atoms with Gasteiger partial charge >= 0.3 is 0 Å². The van der Waals surface area contributed by atoms with Gasteiger partial charge in [0.15, 0.2) is 0 Å². The van der Waals surface area contributed by atoms with Crippen LogP contribution in [0.15, 0.2) is 34.9 Å². The van der Waals surface area contributed by atoms with Crippen LogP contribution in [-0.4, -0.2) is 10.9 Å². The lowest BCUT2D eigenvalue weighted by Gasteiger charge is -2.08. The summed E-state index contributed by atoms with van der Waals surface area (Å²) >= 11 is 9.44. The number of carbonyl (C=O) groups excluding carboxylic acids is 1. The van der Waals surface area contributed by atoms with Crippen molar-refractivity contribution in [1.29, 1.82) is 0 Å². The Morgan fingerprint density at radius 3 is 2.63 bits per heavy atom. The molecular weight excluding hydrogens is 328 g/mol. The van der Waals surface area contributed by atoms with Crippen LogP contribution in [-0.2, 0) is 0 Å². The fourth-order valence-electron chi connectivity index (χ4n) is 1.70. The molecule has 3 nitrogen and oxygen atoms in total. The normalized spacial score (nSPS) is 10.3. The summed E-state index contributed by atoms with van der Waals surface area (Å²) in [6.45, 7) is 3.78. The number of anilines is 1. The first kappa shape index (κ1) is 14.0. The first-order valence-corrected chi connectivity index (χ1v) is 6.83. The zero-order chi connectivity index (χ0) is 14.0. The molecule has 1 heterocycles. The lowest BCUT2D eigenvalue weighted by molar-refractivity contribution is 0.102. The second-order valence-electron chi connectivity index (χ2n) is 4.28. The number of amides is 1. The van der Waals surface area contributed by atoms with Crippen LogP contribution < -0.4 is 5.32 Å². The zero-order valence-electron chi connectivity index (χ0n) is 10.5. The molecule has 2 rings (SSSR count). The van der Waals surface area contributed by atoms with Crippen molar-refractivity contribution in [2.75, 3.05) is 5.32 Å². The van der Waals surface area contributed by atoms with Gasteiger partial charge in [0.1, 0.15) is 0 Å². The van der Waals surface area contributed by atoms with E-state index in [1.807, 2.05) is 32.0 Å². The SMILES string of the molecule is Cc1cc(Br)cc(NC(=O)c2cnc(C)cc2Cl)c1. The molecule has 0 aliphatic rings. The van der Waals surface area contributed by atoms with Gasteiger partial charge < -0.3 is 5.32 Å². The molecule has 0 saturated heterocycles. The highest BCUT2D eigenvalue weighted by molar-refractivity contribution is 9.10. The largest absolute Gasteiger partial charge is 0.322 e. The van der Waals surface area contributed by atoms with Crippen molar-refractivity contribution in [2.45, 2.75) is 13.8 Å². The second-order valence-corrected chi connectivity index (χ2v) is 5.60. The lowest BCUT2D eigenvalue weighted by Crippen LogP contribution is -2.13. The molecule has 1 aromatic carbocycles. The second kappa shape index (κ2) is 5.72. The zero-order valence-corrected chi connectivity index (χ0v) is 12.8. The van der Waals surface area contributed by atoms with Crippen molar-refractivity contribution in [2.24, 2.45) is 0 Å². The van der Waals surface area contributed by atoms with Gasteiger partial charge in [0.05, 0.1) is 10.6 Å². The standard InChI is InChI=1S/C14H12BrClN2O/c1-8-3-10(15)6-11(4-8)18-14(19)12-7-17-9(2)5-13(12)16/h3-7H,1-2H3,(H,18,19). The summed E-state index contributed by atoms with van der Waals surface area (Å²) in [6, 6.07) is 7.36. The topological polar surface area (TPSA) is 42.0 Å². The number of carbonyl (C=O) groups is 1. The predicted octanol–water partition coefficient (Wildman–Crippen LogP) is 4.37. The summed E-state index contributed by atoms with van der Waals surface area (Å²) in [5, 5.41) is 3.21. The Kier molecular flexibility index (Phi) is 4.22. The Morgan fingerprint density at radius 2 is 2.00 bits per heavy atom. The van der Waals surface area contributed by atoms with E-state index in [9.17, 15) is 4.79 Å². The Labute approximate surface area is 125 Å². The van der Waals surface area contributed by atoms with Gasteiger partial charge in [0.25, 0.3) is 5.91 Å². The molecule has 0 saturated carbocycles. The first-order valence-electron chi connectivity index (χ1n) is 5.66. The van der Waals surface area contributed by atoms with Crippen LogP contribution in [0.3, 0.4) is 0 Å². The minimum atomic E-state index is -0.269. The molecule has 1 amide bonds. The Morgan fingerprint density at radius 1 is 1.26 bits per heavy atom. The fourth-order valence-corrected chi connectivity index (χ4v) is 2.60. The van der Waals surface area contributed by atoms with E-state index in [2.05, 4.69) is 26.2 Å². The predicted molar refractivity (Wildman–Crippen MR) is 80.8 cm³/mol. The van der Waals surface area contributed by atoms with Gasteiger partial charge in [0.2, 0.25) is 0 Å².